The maximum atomic E-state index is 14.0. The van der Waals surface area contributed by atoms with E-state index in [9.17, 15) is 14.7 Å². The molecule has 0 radical (unpaired) electrons. The Labute approximate surface area is 239 Å². The Kier molecular flexibility index (Phi) is 8.96. The number of hydrogen-bond donors (Lipinski definition) is 2. The van der Waals surface area contributed by atoms with Crippen molar-refractivity contribution in [1.29, 1.82) is 0 Å². The van der Waals surface area contributed by atoms with Gasteiger partial charge >= 0.3 is 5.97 Å². The quantitative estimate of drug-likeness (QED) is 0.468. The highest BCUT2D eigenvalue weighted by molar-refractivity contribution is 5.87. The molecular weight excluding hydrogens is 502 g/mol. The first-order valence-corrected chi connectivity index (χ1v) is 14.5. The number of rotatable bonds is 8. The van der Waals surface area contributed by atoms with Gasteiger partial charge in [-0.05, 0) is 54.0 Å². The molecule has 4 rings (SSSR count). The second-order valence-electron chi connectivity index (χ2n) is 13.5. The van der Waals surface area contributed by atoms with Crippen LogP contribution in [0.15, 0.2) is 48.5 Å². The van der Waals surface area contributed by atoms with Crippen molar-refractivity contribution in [2.45, 2.75) is 84.5 Å². The highest BCUT2D eigenvalue weighted by Crippen LogP contribution is 2.48. The van der Waals surface area contributed by atoms with Gasteiger partial charge in [-0.25, -0.2) is 4.79 Å². The van der Waals surface area contributed by atoms with Gasteiger partial charge in [-0.15, -0.1) is 0 Å². The lowest BCUT2D eigenvalue weighted by molar-refractivity contribution is -0.152. The van der Waals surface area contributed by atoms with Crippen molar-refractivity contribution in [3.8, 4) is 5.75 Å². The number of nitrogens with one attached hydrogen (secondary N) is 1. The lowest BCUT2D eigenvalue weighted by atomic mass is 9.72. The van der Waals surface area contributed by atoms with Gasteiger partial charge in [-0.3, -0.25) is 9.69 Å². The van der Waals surface area contributed by atoms with E-state index in [1.165, 1.54) is 5.56 Å². The monoisotopic (exact) mass is 549 g/mol. The minimum Gasteiger partial charge on any atom is -0.496 e. The Balaban J connectivity index is 1.78. The number of carbonyl (C=O) groups is 2. The third kappa shape index (κ3) is 6.36. The van der Waals surface area contributed by atoms with Crippen LogP contribution in [0.1, 0.15) is 77.1 Å². The SMILES string of the molecule is COc1ccc(C(C)(C)C)cc1CN[C@H]1[C@H](C(C)(C)C)[C@@H](C(=O)O)N(C(=O)CN2CCCC2)[C@H]1c1ccccc1. The number of ether oxygens (including phenoxy) is 1. The molecule has 2 aliphatic heterocycles. The summed E-state index contributed by atoms with van der Waals surface area (Å²) >= 11 is 0. The first-order valence-electron chi connectivity index (χ1n) is 14.5. The van der Waals surface area contributed by atoms with E-state index in [2.05, 4.69) is 63.9 Å². The van der Waals surface area contributed by atoms with E-state index < -0.39 is 18.1 Å². The average Bonchev–Trinajstić information content (AvgIpc) is 3.53. The molecule has 218 valence electrons. The van der Waals surface area contributed by atoms with Gasteiger partial charge in [0.1, 0.15) is 11.8 Å². The summed E-state index contributed by atoms with van der Waals surface area (Å²) in [6, 6.07) is 14.5. The number of likely N-dealkylation sites (tertiary alicyclic amines) is 2. The Morgan fingerprint density at radius 2 is 1.65 bits per heavy atom. The predicted octanol–water partition coefficient (Wildman–Crippen LogP) is 5.25. The molecule has 2 aromatic rings. The predicted molar refractivity (Wildman–Crippen MR) is 158 cm³/mol. The molecule has 2 saturated heterocycles. The summed E-state index contributed by atoms with van der Waals surface area (Å²) in [6.45, 7) is 15.3. The van der Waals surface area contributed by atoms with Crippen molar-refractivity contribution in [1.82, 2.24) is 15.1 Å². The lowest BCUT2D eigenvalue weighted by Crippen LogP contribution is -2.49. The van der Waals surface area contributed by atoms with Crippen molar-refractivity contribution in [2.24, 2.45) is 11.3 Å². The van der Waals surface area contributed by atoms with E-state index in [4.69, 9.17) is 4.74 Å². The zero-order valence-electron chi connectivity index (χ0n) is 25.2. The molecule has 0 unspecified atom stereocenters. The van der Waals surface area contributed by atoms with E-state index >= 15 is 0 Å². The number of nitrogens with zero attached hydrogens (tertiary/aromatic N) is 2. The van der Waals surface area contributed by atoms with E-state index in [1.807, 2.05) is 36.4 Å². The maximum absolute atomic E-state index is 14.0. The van der Waals surface area contributed by atoms with E-state index in [-0.39, 0.29) is 35.2 Å². The third-order valence-electron chi connectivity index (χ3n) is 8.58. The molecule has 0 spiro atoms. The molecule has 7 heteroatoms. The number of hydrogen-bond acceptors (Lipinski definition) is 5. The maximum Gasteiger partial charge on any atom is 0.326 e. The molecule has 2 fully saturated rings. The summed E-state index contributed by atoms with van der Waals surface area (Å²) in [7, 11) is 1.68. The van der Waals surface area contributed by atoms with Crippen molar-refractivity contribution >= 4 is 11.9 Å². The number of benzene rings is 2. The van der Waals surface area contributed by atoms with Crippen LogP contribution in [0.4, 0.5) is 0 Å². The van der Waals surface area contributed by atoms with Crippen LogP contribution in [-0.4, -0.2) is 65.6 Å². The van der Waals surface area contributed by atoms with Gasteiger partial charge in [-0.1, -0.05) is 84.0 Å². The zero-order valence-corrected chi connectivity index (χ0v) is 25.2. The molecule has 4 atom stereocenters. The summed E-state index contributed by atoms with van der Waals surface area (Å²) in [4.78, 5) is 30.9. The van der Waals surface area contributed by atoms with Crippen LogP contribution in [0.25, 0.3) is 0 Å². The Morgan fingerprint density at radius 1 is 1.00 bits per heavy atom. The first kappa shape index (κ1) is 30.1. The highest BCUT2D eigenvalue weighted by Gasteiger charge is 2.57. The third-order valence-corrected chi connectivity index (χ3v) is 8.58. The number of carbonyl (C=O) groups excluding carboxylic acids is 1. The van der Waals surface area contributed by atoms with Gasteiger partial charge in [-0.2, -0.15) is 0 Å². The molecule has 1 amide bonds. The summed E-state index contributed by atoms with van der Waals surface area (Å²) in [5, 5.41) is 14.4. The highest BCUT2D eigenvalue weighted by atomic mass is 16.5. The molecule has 2 N–H and O–H groups in total. The zero-order chi connectivity index (χ0) is 29.2. The number of carboxylic acid groups (broad SMARTS) is 1. The minimum absolute atomic E-state index is 0.0257. The summed E-state index contributed by atoms with van der Waals surface area (Å²) < 4.78 is 5.72. The van der Waals surface area contributed by atoms with Crippen molar-refractivity contribution in [3.05, 3.63) is 65.2 Å². The molecule has 2 aliphatic rings. The summed E-state index contributed by atoms with van der Waals surface area (Å²) in [5.41, 5.74) is 2.76. The number of methoxy groups -OCH3 is 1. The minimum atomic E-state index is -0.952. The first-order chi connectivity index (χ1) is 18.8. The van der Waals surface area contributed by atoms with Crippen LogP contribution in [0.2, 0.25) is 0 Å². The molecule has 40 heavy (non-hydrogen) atoms. The number of aliphatic carboxylic acids is 1. The van der Waals surface area contributed by atoms with Crippen LogP contribution in [0.5, 0.6) is 5.75 Å². The number of carboxylic acids is 1. The van der Waals surface area contributed by atoms with Crippen LogP contribution < -0.4 is 10.1 Å². The molecule has 0 aliphatic carbocycles. The van der Waals surface area contributed by atoms with Crippen LogP contribution in [-0.2, 0) is 21.5 Å². The average molecular weight is 550 g/mol. The Morgan fingerprint density at radius 3 is 2.20 bits per heavy atom. The second kappa shape index (κ2) is 11.9. The standard InChI is InChI=1S/C33H47N3O4/c1-32(2,3)24-15-16-25(40-7)23(19-24)20-34-28-27(33(4,5)6)30(31(38)39)36(26(37)21-35-17-11-12-18-35)29(28)22-13-9-8-10-14-22/h8-10,13-16,19,27-30,34H,11-12,17-18,20-21H2,1-7H3,(H,38,39)/t27-,28-,29-,30-/m0/s1. The van der Waals surface area contributed by atoms with E-state index in [1.54, 1.807) is 12.0 Å². The largest absolute Gasteiger partial charge is 0.496 e. The van der Waals surface area contributed by atoms with E-state index in [0.717, 1.165) is 42.8 Å². The van der Waals surface area contributed by atoms with E-state index in [0.29, 0.717) is 6.54 Å². The summed E-state index contributed by atoms with van der Waals surface area (Å²) in [5.74, 6) is -0.602. The summed E-state index contributed by atoms with van der Waals surface area (Å²) in [6.07, 6.45) is 2.14. The van der Waals surface area contributed by atoms with Crippen molar-refractivity contribution in [2.75, 3.05) is 26.7 Å². The fraction of sp³-hybridized carbons (Fsp3) is 0.576. The van der Waals surface area contributed by atoms with Crippen molar-refractivity contribution in [3.63, 3.8) is 0 Å². The molecule has 0 aromatic heterocycles. The topological polar surface area (TPSA) is 82.1 Å². The molecule has 2 heterocycles. The fourth-order valence-electron chi connectivity index (χ4n) is 6.59. The van der Waals surface area contributed by atoms with Crippen LogP contribution >= 0.6 is 0 Å². The normalized spacial score (nSPS) is 23.9. The fourth-order valence-corrected chi connectivity index (χ4v) is 6.59. The van der Waals surface area contributed by atoms with Crippen LogP contribution in [0.3, 0.4) is 0 Å². The van der Waals surface area contributed by atoms with Gasteiger partial charge in [0.15, 0.2) is 0 Å². The smallest absolute Gasteiger partial charge is 0.326 e. The molecule has 0 bridgehead atoms. The number of amides is 1. The molecule has 7 nitrogen and oxygen atoms in total. The Hall–Kier alpha value is -2.90. The van der Waals surface area contributed by atoms with Crippen LogP contribution in [0, 0.1) is 11.3 Å². The van der Waals surface area contributed by atoms with Crippen molar-refractivity contribution < 1.29 is 19.4 Å². The van der Waals surface area contributed by atoms with Gasteiger partial charge in [0.05, 0.1) is 19.7 Å². The van der Waals surface area contributed by atoms with Gasteiger partial charge < -0.3 is 20.1 Å². The molecule has 0 saturated carbocycles. The van der Waals surface area contributed by atoms with Gasteiger partial charge in [0, 0.05) is 24.1 Å². The molecular formula is C33H47N3O4. The molecule has 2 aromatic carbocycles. The van der Waals surface area contributed by atoms with Gasteiger partial charge in [0.2, 0.25) is 5.91 Å². The Bertz CT molecular complexity index is 1180. The second-order valence-corrected chi connectivity index (χ2v) is 13.5. The lowest BCUT2D eigenvalue weighted by Gasteiger charge is -2.35. The van der Waals surface area contributed by atoms with Gasteiger partial charge in [0.25, 0.3) is 0 Å².